The maximum absolute atomic E-state index is 11.9. The number of hydrogen-bond donors (Lipinski definition) is 3. The second-order valence-electron chi connectivity index (χ2n) is 4.64. The van der Waals surface area contributed by atoms with Gasteiger partial charge in [0.25, 0.3) is 5.91 Å². The number of nitrogens with one attached hydrogen (secondary N) is 2. The minimum atomic E-state index is -0.647. The molecule has 19 heavy (non-hydrogen) atoms. The summed E-state index contributed by atoms with van der Waals surface area (Å²) in [7, 11) is 0. The summed E-state index contributed by atoms with van der Waals surface area (Å²) in [5.74, 6) is -0.754. The number of amides is 2. The van der Waals surface area contributed by atoms with E-state index in [-0.39, 0.29) is 28.3 Å². The Morgan fingerprint density at radius 3 is 2.74 bits per heavy atom. The number of hydrogen-bond acceptors (Lipinski definition) is 3. The van der Waals surface area contributed by atoms with Crippen LogP contribution in [0.4, 0.5) is 0 Å². The fourth-order valence-corrected chi connectivity index (χ4v) is 1.78. The van der Waals surface area contributed by atoms with E-state index in [1.807, 2.05) is 0 Å². The van der Waals surface area contributed by atoms with Gasteiger partial charge in [0.1, 0.15) is 11.8 Å². The van der Waals surface area contributed by atoms with Gasteiger partial charge in [-0.15, -0.1) is 0 Å². The molecule has 2 amide bonds. The molecule has 2 rings (SSSR count). The van der Waals surface area contributed by atoms with E-state index < -0.39 is 11.9 Å². The summed E-state index contributed by atoms with van der Waals surface area (Å²) >= 11 is 5.88. The first-order chi connectivity index (χ1) is 8.97. The largest absolute Gasteiger partial charge is 0.508 e. The SMILES string of the molecule is CC(NC(=O)c1cc(O)ccc1Cl)C(=O)NC1CC1. The number of carbonyl (C=O) groups is 2. The van der Waals surface area contributed by atoms with Gasteiger partial charge in [0.2, 0.25) is 5.91 Å². The normalized spacial score (nSPS) is 15.7. The van der Waals surface area contributed by atoms with E-state index in [4.69, 9.17) is 11.6 Å². The summed E-state index contributed by atoms with van der Waals surface area (Å²) in [5.41, 5.74) is 0.146. The fraction of sp³-hybridized carbons (Fsp3) is 0.385. The molecule has 0 heterocycles. The number of phenols is 1. The molecule has 0 bridgehead atoms. The predicted molar refractivity (Wildman–Crippen MR) is 71.2 cm³/mol. The van der Waals surface area contributed by atoms with Crippen molar-refractivity contribution in [3.63, 3.8) is 0 Å². The van der Waals surface area contributed by atoms with Crippen molar-refractivity contribution in [2.45, 2.75) is 31.8 Å². The van der Waals surface area contributed by atoms with Crippen molar-refractivity contribution in [1.29, 1.82) is 0 Å². The third-order valence-electron chi connectivity index (χ3n) is 2.86. The van der Waals surface area contributed by atoms with Crippen molar-refractivity contribution in [1.82, 2.24) is 10.6 Å². The molecule has 0 radical (unpaired) electrons. The van der Waals surface area contributed by atoms with Crippen LogP contribution in [0.1, 0.15) is 30.1 Å². The molecule has 1 fully saturated rings. The average Bonchev–Trinajstić information content (AvgIpc) is 3.15. The van der Waals surface area contributed by atoms with Gasteiger partial charge in [-0.1, -0.05) is 11.6 Å². The minimum absolute atomic E-state index is 0.0513. The first-order valence-electron chi connectivity index (χ1n) is 6.07. The Kier molecular flexibility index (Phi) is 3.95. The van der Waals surface area contributed by atoms with Crippen molar-refractivity contribution in [3.05, 3.63) is 28.8 Å². The second-order valence-corrected chi connectivity index (χ2v) is 5.05. The lowest BCUT2D eigenvalue weighted by atomic mass is 10.2. The van der Waals surface area contributed by atoms with Gasteiger partial charge in [0, 0.05) is 6.04 Å². The maximum atomic E-state index is 11.9. The highest BCUT2D eigenvalue weighted by molar-refractivity contribution is 6.34. The first kappa shape index (κ1) is 13.7. The van der Waals surface area contributed by atoms with E-state index in [0.717, 1.165) is 12.8 Å². The lowest BCUT2D eigenvalue weighted by Crippen LogP contribution is -2.45. The van der Waals surface area contributed by atoms with Gasteiger partial charge in [0.05, 0.1) is 10.6 Å². The van der Waals surface area contributed by atoms with Crippen LogP contribution in [0.15, 0.2) is 18.2 Å². The topological polar surface area (TPSA) is 78.4 Å². The van der Waals surface area contributed by atoms with Crippen LogP contribution in [0.5, 0.6) is 5.75 Å². The Labute approximate surface area is 116 Å². The maximum Gasteiger partial charge on any atom is 0.253 e. The molecule has 0 aromatic heterocycles. The van der Waals surface area contributed by atoms with Crippen LogP contribution in [0.3, 0.4) is 0 Å². The van der Waals surface area contributed by atoms with Crippen LogP contribution in [-0.2, 0) is 4.79 Å². The van der Waals surface area contributed by atoms with E-state index >= 15 is 0 Å². The van der Waals surface area contributed by atoms with Crippen molar-refractivity contribution in [2.75, 3.05) is 0 Å². The van der Waals surface area contributed by atoms with Crippen molar-refractivity contribution in [3.8, 4) is 5.75 Å². The molecule has 1 aromatic rings. The standard InChI is InChI=1S/C13H15ClN2O3/c1-7(12(18)16-8-2-3-8)15-13(19)10-6-9(17)4-5-11(10)14/h4-8,17H,2-3H2,1H3,(H,15,19)(H,16,18). The number of phenolic OH excluding ortho intramolecular Hbond substituents is 1. The quantitative estimate of drug-likeness (QED) is 0.782. The average molecular weight is 283 g/mol. The summed E-state index contributed by atoms with van der Waals surface area (Å²) in [6.07, 6.45) is 1.98. The first-order valence-corrected chi connectivity index (χ1v) is 6.45. The Morgan fingerprint density at radius 1 is 1.42 bits per heavy atom. The predicted octanol–water partition coefficient (Wildman–Crippen LogP) is 1.44. The Balaban J connectivity index is 1.99. The smallest absolute Gasteiger partial charge is 0.253 e. The van der Waals surface area contributed by atoms with Crippen LogP contribution in [0.2, 0.25) is 5.02 Å². The van der Waals surface area contributed by atoms with Crippen LogP contribution < -0.4 is 10.6 Å². The molecule has 1 aliphatic rings. The van der Waals surface area contributed by atoms with E-state index in [9.17, 15) is 14.7 Å². The van der Waals surface area contributed by atoms with Gasteiger partial charge in [0.15, 0.2) is 0 Å². The fourth-order valence-electron chi connectivity index (χ4n) is 1.58. The lowest BCUT2D eigenvalue weighted by Gasteiger charge is -2.14. The summed E-state index contributed by atoms with van der Waals surface area (Å²) in [6, 6.07) is 3.69. The van der Waals surface area contributed by atoms with Gasteiger partial charge in [-0.3, -0.25) is 9.59 Å². The molecular formula is C13H15ClN2O3. The minimum Gasteiger partial charge on any atom is -0.508 e. The summed E-state index contributed by atoms with van der Waals surface area (Å²) < 4.78 is 0. The van der Waals surface area contributed by atoms with Gasteiger partial charge in [-0.2, -0.15) is 0 Å². The zero-order chi connectivity index (χ0) is 14.0. The van der Waals surface area contributed by atoms with E-state index in [0.29, 0.717) is 0 Å². The zero-order valence-corrected chi connectivity index (χ0v) is 11.2. The van der Waals surface area contributed by atoms with Crippen LogP contribution in [0.25, 0.3) is 0 Å². The molecule has 1 atom stereocenters. The molecule has 1 aliphatic carbocycles. The number of halogens is 1. The van der Waals surface area contributed by atoms with Gasteiger partial charge < -0.3 is 15.7 Å². The summed E-state index contributed by atoms with van der Waals surface area (Å²) in [4.78, 5) is 23.7. The van der Waals surface area contributed by atoms with Gasteiger partial charge >= 0.3 is 0 Å². The molecular weight excluding hydrogens is 268 g/mol. The van der Waals surface area contributed by atoms with Crippen molar-refractivity contribution < 1.29 is 14.7 Å². The molecule has 0 aliphatic heterocycles. The Hall–Kier alpha value is -1.75. The highest BCUT2D eigenvalue weighted by atomic mass is 35.5. The van der Waals surface area contributed by atoms with Crippen LogP contribution in [-0.4, -0.2) is 29.0 Å². The molecule has 1 saturated carbocycles. The lowest BCUT2D eigenvalue weighted by molar-refractivity contribution is -0.122. The number of aromatic hydroxyl groups is 1. The molecule has 1 unspecified atom stereocenters. The van der Waals surface area contributed by atoms with E-state index in [1.165, 1.54) is 18.2 Å². The van der Waals surface area contributed by atoms with Crippen LogP contribution in [0, 0.1) is 0 Å². The molecule has 6 heteroatoms. The number of carbonyl (C=O) groups excluding carboxylic acids is 2. The van der Waals surface area contributed by atoms with Gasteiger partial charge in [-0.05, 0) is 38.0 Å². The van der Waals surface area contributed by atoms with Crippen molar-refractivity contribution in [2.24, 2.45) is 0 Å². The number of rotatable bonds is 4. The second kappa shape index (κ2) is 5.48. The zero-order valence-electron chi connectivity index (χ0n) is 10.4. The monoisotopic (exact) mass is 282 g/mol. The van der Waals surface area contributed by atoms with Crippen LogP contribution >= 0.6 is 11.6 Å². The third kappa shape index (κ3) is 3.61. The third-order valence-corrected chi connectivity index (χ3v) is 3.19. The van der Waals surface area contributed by atoms with Crippen molar-refractivity contribution >= 4 is 23.4 Å². The molecule has 102 valence electrons. The highest BCUT2D eigenvalue weighted by Crippen LogP contribution is 2.21. The molecule has 1 aromatic carbocycles. The molecule has 0 saturated heterocycles. The summed E-state index contributed by atoms with van der Waals surface area (Å²) in [6.45, 7) is 1.60. The van der Waals surface area contributed by atoms with Gasteiger partial charge in [-0.25, -0.2) is 0 Å². The highest BCUT2D eigenvalue weighted by Gasteiger charge is 2.26. The molecule has 0 spiro atoms. The number of benzene rings is 1. The van der Waals surface area contributed by atoms with E-state index in [1.54, 1.807) is 6.92 Å². The molecule has 3 N–H and O–H groups in total. The van der Waals surface area contributed by atoms with E-state index in [2.05, 4.69) is 10.6 Å². The Bertz CT molecular complexity index is 515. The molecule has 5 nitrogen and oxygen atoms in total. The Morgan fingerprint density at radius 2 is 2.11 bits per heavy atom. The summed E-state index contributed by atoms with van der Waals surface area (Å²) in [5, 5.41) is 14.9.